The van der Waals surface area contributed by atoms with Crippen LogP contribution in [0.2, 0.25) is 0 Å². The summed E-state index contributed by atoms with van der Waals surface area (Å²) in [7, 11) is -3.78. The SMILES string of the molecule is Cc1cccc(NS(=O)(=O)c2ccc(C)c(C(=O)N3CCC(N)CC3)c2)c1.Cl. The molecule has 6 nitrogen and oxygen atoms in total. The second-order valence-electron chi connectivity index (χ2n) is 7.08. The number of anilines is 1. The largest absolute Gasteiger partial charge is 0.339 e. The van der Waals surface area contributed by atoms with Crippen LogP contribution in [-0.2, 0) is 10.0 Å². The fourth-order valence-corrected chi connectivity index (χ4v) is 4.27. The van der Waals surface area contributed by atoms with Gasteiger partial charge >= 0.3 is 0 Å². The molecular formula is C20H26ClN3O3S. The van der Waals surface area contributed by atoms with Crippen LogP contribution in [0.3, 0.4) is 0 Å². The number of nitrogens with two attached hydrogens (primary N) is 1. The van der Waals surface area contributed by atoms with Crippen molar-refractivity contribution < 1.29 is 13.2 Å². The van der Waals surface area contributed by atoms with Crippen LogP contribution in [-0.4, -0.2) is 38.4 Å². The number of nitrogens with one attached hydrogen (secondary N) is 1. The van der Waals surface area contributed by atoms with Crippen LogP contribution in [0.25, 0.3) is 0 Å². The number of rotatable bonds is 4. The van der Waals surface area contributed by atoms with E-state index >= 15 is 0 Å². The Balaban J connectivity index is 0.00000280. The van der Waals surface area contributed by atoms with E-state index in [9.17, 15) is 13.2 Å². The summed E-state index contributed by atoms with van der Waals surface area (Å²) in [5.74, 6) is -0.146. The maximum atomic E-state index is 12.9. The van der Waals surface area contributed by atoms with E-state index < -0.39 is 10.0 Å². The maximum absolute atomic E-state index is 12.9. The number of piperidine rings is 1. The maximum Gasteiger partial charge on any atom is 0.261 e. The van der Waals surface area contributed by atoms with Gasteiger partial charge in [0.05, 0.1) is 4.90 Å². The number of amides is 1. The Hall–Kier alpha value is -2.09. The third-order valence-corrected chi connectivity index (χ3v) is 6.23. The van der Waals surface area contributed by atoms with Crippen LogP contribution < -0.4 is 10.5 Å². The summed E-state index contributed by atoms with van der Waals surface area (Å²) in [6.07, 6.45) is 1.52. The first-order chi connectivity index (χ1) is 12.8. The molecule has 1 saturated heterocycles. The molecule has 0 atom stereocenters. The highest BCUT2D eigenvalue weighted by molar-refractivity contribution is 7.92. The molecule has 1 aliphatic heterocycles. The van der Waals surface area contributed by atoms with Gasteiger partial charge in [0.25, 0.3) is 15.9 Å². The van der Waals surface area contributed by atoms with Gasteiger partial charge in [0.1, 0.15) is 0 Å². The molecule has 1 aliphatic rings. The molecule has 0 saturated carbocycles. The zero-order valence-electron chi connectivity index (χ0n) is 16.0. The van der Waals surface area contributed by atoms with Gasteiger partial charge in [-0.05, 0) is 62.1 Å². The lowest BCUT2D eigenvalue weighted by Gasteiger charge is -2.30. The Labute approximate surface area is 172 Å². The Kier molecular flexibility index (Phi) is 7.09. The summed E-state index contributed by atoms with van der Waals surface area (Å²) >= 11 is 0. The number of sulfonamides is 1. The molecule has 152 valence electrons. The molecule has 0 unspecified atom stereocenters. The summed E-state index contributed by atoms with van der Waals surface area (Å²) in [6, 6.07) is 11.9. The summed E-state index contributed by atoms with van der Waals surface area (Å²) in [5.41, 5.74) is 8.52. The number of nitrogens with zero attached hydrogens (tertiary/aromatic N) is 1. The molecule has 0 bridgehead atoms. The first-order valence-corrected chi connectivity index (χ1v) is 10.5. The number of aryl methyl sites for hydroxylation is 2. The standard InChI is InChI=1S/C20H25N3O3S.ClH/c1-14-4-3-5-17(12-14)22-27(25,26)18-7-6-15(2)19(13-18)20(24)23-10-8-16(21)9-11-23;/h3-7,12-13,16,22H,8-11,21H2,1-2H3;1H. The molecule has 0 spiro atoms. The van der Waals surface area contributed by atoms with Crippen molar-refractivity contribution in [2.24, 2.45) is 5.73 Å². The molecule has 2 aromatic carbocycles. The van der Waals surface area contributed by atoms with Crippen LogP contribution in [0, 0.1) is 13.8 Å². The molecule has 8 heteroatoms. The molecule has 0 radical (unpaired) electrons. The number of halogens is 1. The zero-order chi connectivity index (χ0) is 19.6. The van der Waals surface area contributed by atoms with E-state index in [1.54, 1.807) is 29.2 Å². The predicted octanol–water partition coefficient (Wildman–Crippen LogP) is 3.09. The van der Waals surface area contributed by atoms with Crippen molar-refractivity contribution in [1.29, 1.82) is 0 Å². The number of carbonyl (C=O) groups excluding carboxylic acids is 1. The highest BCUT2D eigenvalue weighted by Crippen LogP contribution is 2.22. The molecular weight excluding hydrogens is 398 g/mol. The van der Waals surface area contributed by atoms with Crippen LogP contribution in [0.1, 0.15) is 34.3 Å². The van der Waals surface area contributed by atoms with Crippen molar-refractivity contribution in [2.75, 3.05) is 17.8 Å². The second-order valence-corrected chi connectivity index (χ2v) is 8.76. The first kappa shape index (κ1) is 22.2. The second kappa shape index (κ2) is 8.94. The predicted molar refractivity (Wildman–Crippen MR) is 114 cm³/mol. The molecule has 28 heavy (non-hydrogen) atoms. The molecule has 3 N–H and O–H groups in total. The smallest absolute Gasteiger partial charge is 0.261 e. The number of likely N-dealkylation sites (tertiary alicyclic amines) is 1. The average molecular weight is 424 g/mol. The lowest BCUT2D eigenvalue weighted by atomic mass is 10.0. The van der Waals surface area contributed by atoms with Crippen LogP contribution >= 0.6 is 12.4 Å². The highest BCUT2D eigenvalue weighted by atomic mass is 35.5. The van der Waals surface area contributed by atoms with Crippen molar-refractivity contribution in [3.05, 3.63) is 59.2 Å². The molecule has 2 aromatic rings. The molecule has 0 aliphatic carbocycles. The van der Waals surface area contributed by atoms with Gasteiger partial charge in [-0.15, -0.1) is 12.4 Å². The summed E-state index contributed by atoms with van der Waals surface area (Å²) in [4.78, 5) is 14.7. The van der Waals surface area contributed by atoms with Gasteiger partial charge in [0.15, 0.2) is 0 Å². The minimum atomic E-state index is -3.78. The van der Waals surface area contributed by atoms with Crippen molar-refractivity contribution in [3.63, 3.8) is 0 Å². The van der Waals surface area contributed by atoms with Gasteiger partial charge in [0.2, 0.25) is 0 Å². The highest BCUT2D eigenvalue weighted by Gasteiger charge is 2.24. The number of hydrogen-bond donors (Lipinski definition) is 2. The van der Waals surface area contributed by atoms with E-state index in [0.29, 0.717) is 24.3 Å². The topological polar surface area (TPSA) is 92.5 Å². The minimum Gasteiger partial charge on any atom is -0.339 e. The molecule has 1 heterocycles. The van der Waals surface area contributed by atoms with E-state index in [4.69, 9.17) is 5.73 Å². The Morgan fingerprint density at radius 2 is 1.79 bits per heavy atom. The average Bonchev–Trinajstić information content (AvgIpc) is 2.61. The third kappa shape index (κ3) is 5.04. The zero-order valence-corrected chi connectivity index (χ0v) is 17.6. The van der Waals surface area contributed by atoms with Gasteiger partial charge in [-0.2, -0.15) is 0 Å². The normalized spacial score (nSPS) is 15.0. The molecule has 1 amide bonds. The van der Waals surface area contributed by atoms with E-state index in [2.05, 4.69) is 4.72 Å². The van der Waals surface area contributed by atoms with E-state index in [1.807, 2.05) is 19.9 Å². The van der Waals surface area contributed by atoms with E-state index in [-0.39, 0.29) is 29.3 Å². The van der Waals surface area contributed by atoms with Gasteiger partial charge < -0.3 is 10.6 Å². The van der Waals surface area contributed by atoms with Gasteiger partial charge in [-0.3, -0.25) is 9.52 Å². The fourth-order valence-electron chi connectivity index (χ4n) is 3.19. The van der Waals surface area contributed by atoms with Crippen molar-refractivity contribution in [2.45, 2.75) is 37.6 Å². The number of carbonyl (C=O) groups is 1. The summed E-state index contributed by atoms with van der Waals surface area (Å²) in [6.45, 7) is 4.90. The fraction of sp³-hybridized carbons (Fsp3) is 0.350. The van der Waals surface area contributed by atoms with E-state index in [1.165, 1.54) is 12.1 Å². The molecule has 1 fully saturated rings. The van der Waals surface area contributed by atoms with Gasteiger partial charge in [-0.25, -0.2) is 8.42 Å². The van der Waals surface area contributed by atoms with Crippen LogP contribution in [0.5, 0.6) is 0 Å². The lowest BCUT2D eigenvalue weighted by molar-refractivity contribution is 0.0713. The summed E-state index contributed by atoms with van der Waals surface area (Å²) < 4.78 is 28.1. The Morgan fingerprint density at radius 3 is 2.43 bits per heavy atom. The lowest BCUT2D eigenvalue weighted by Crippen LogP contribution is -2.43. The minimum absolute atomic E-state index is 0. The molecule has 3 rings (SSSR count). The van der Waals surface area contributed by atoms with Gasteiger partial charge in [-0.1, -0.05) is 18.2 Å². The monoisotopic (exact) mass is 423 g/mol. The number of hydrogen-bond acceptors (Lipinski definition) is 4. The Bertz CT molecular complexity index is 955. The van der Waals surface area contributed by atoms with Crippen LogP contribution in [0.15, 0.2) is 47.4 Å². The Morgan fingerprint density at radius 1 is 1.11 bits per heavy atom. The first-order valence-electron chi connectivity index (χ1n) is 9.01. The summed E-state index contributed by atoms with van der Waals surface area (Å²) in [5, 5.41) is 0. The van der Waals surface area contributed by atoms with Gasteiger partial charge in [0, 0.05) is 30.4 Å². The van der Waals surface area contributed by atoms with Crippen molar-refractivity contribution in [3.8, 4) is 0 Å². The van der Waals surface area contributed by atoms with Crippen molar-refractivity contribution >= 4 is 34.0 Å². The third-order valence-electron chi connectivity index (χ3n) is 4.85. The number of benzene rings is 2. The quantitative estimate of drug-likeness (QED) is 0.790. The van der Waals surface area contributed by atoms with E-state index in [0.717, 1.165) is 24.0 Å². The van der Waals surface area contributed by atoms with Crippen LogP contribution in [0.4, 0.5) is 5.69 Å². The van der Waals surface area contributed by atoms with Crippen molar-refractivity contribution in [1.82, 2.24) is 4.90 Å². The molecule has 0 aromatic heterocycles.